The van der Waals surface area contributed by atoms with Crippen LogP contribution in [0.2, 0.25) is 5.02 Å². The highest BCUT2D eigenvalue weighted by molar-refractivity contribution is 7.15. The van der Waals surface area contributed by atoms with E-state index in [-0.39, 0.29) is 11.5 Å². The number of aromatic carboxylic acids is 1. The number of benzene rings is 2. The Morgan fingerprint density at radius 1 is 1.04 bits per heavy atom. The molecule has 0 aliphatic heterocycles. The first kappa shape index (κ1) is 17.2. The lowest BCUT2D eigenvalue weighted by Gasteiger charge is -2.06. The fourth-order valence-corrected chi connectivity index (χ4v) is 3.47. The second kappa shape index (κ2) is 7.09. The third kappa shape index (κ3) is 3.73. The van der Waals surface area contributed by atoms with Crippen LogP contribution in [0.15, 0.2) is 53.9 Å². The third-order valence-electron chi connectivity index (χ3n) is 3.70. The van der Waals surface area contributed by atoms with E-state index in [1.807, 2.05) is 31.2 Å². The number of carboxylic acid groups (broad SMARTS) is 1. The van der Waals surface area contributed by atoms with E-state index in [4.69, 9.17) is 11.6 Å². The molecule has 0 unspecified atom stereocenters. The molecular formula is C19H14ClNO3S. The number of halogens is 1. The summed E-state index contributed by atoms with van der Waals surface area (Å²) in [6, 6.07) is 14.0. The standard InChI is InChI=1S/C19H14ClNO3S/c1-11-2-4-12(5-3-11)15-10-25-18(16(15)19(23)24)21-17(22)13-6-8-14(20)9-7-13/h2-10H,1H3,(H,21,22)(H,23,24). The topological polar surface area (TPSA) is 66.4 Å². The molecule has 0 saturated heterocycles. The number of amides is 1. The van der Waals surface area contributed by atoms with Crippen molar-refractivity contribution in [3.63, 3.8) is 0 Å². The van der Waals surface area contributed by atoms with Crippen molar-refractivity contribution in [3.8, 4) is 11.1 Å². The number of anilines is 1. The van der Waals surface area contributed by atoms with Crippen LogP contribution in [0.1, 0.15) is 26.3 Å². The summed E-state index contributed by atoms with van der Waals surface area (Å²) < 4.78 is 0. The molecule has 25 heavy (non-hydrogen) atoms. The molecule has 1 heterocycles. The fraction of sp³-hybridized carbons (Fsp3) is 0.0526. The fourth-order valence-electron chi connectivity index (χ4n) is 2.38. The van der Waals surface area contributed by atoms with Crippen molar-refractivity contribution in [3.05, 3.63) is 75.6 Å². The number of carbonyl (C=O) groups is 2. The summed E-state index contributed by atoms with van der Waals surface area (Å²) in [6.07, 6.45) is 0. The Balaban J connectivity index is 1.94. The van der Waals surface area contributed by atoms with Crippen LogP contribution in [0.5, 0.6) is 0 Å². The average molecular weight is 372 g/mol. The number of rotatable bonds is 4. The monoisotopic (exact) mass is 371 g/mol. The van der Waals surface area contributed by atoms with E-state index in [9.17, 15) is 14.7 Å². The van der Waals surface area contributed by atoms with Gasteiger partial charge in [0.1, 0.15) is 10.6 Å². The molecule has 0 spiro atoms. The van der Waals surface area contributed by atoms with Gasteiger partial charge in [-0.25, -0.2) is 4.79 Å². The van der Waals surface area contributed by atoms with Gasteiger partial charge in [0, 0.05) is 21.5 Å². The lowest BCUT2D eigenvalue weighted by atomic mass is 10.0. The minimum Gasteiger partial charge on any atom is -0.478 e. The quantitative estimate of drug-likeness (QED) is 0.651. The van der Waals surface area contributed by atoms with E-state index < -0.39 is 5.97 Å². The van der Waals surface area contributed by atoms with E-state index in [0.29, 0.717) is 21.2 Å². The largest absolute Gasteiger partial charge is 0.478 e. The highest BCUT2D eigenvalue weighted by atomic mass is 35.5. The molecule has 126 valence electrons. The molecule has 2 N–H and O–H groups in total. The molecule has 0 fully saturated rings. The van der Waals surface area contributed by atoms with Crippen LogP contribution in [0.4, 0.5) is 5.00 Å². The lowest BCUT2D eigenvalue weighted by molar-refractivity contribution is 0.0699. The van der Waals surface area contributed by atoms with E-state index in [0.717, 1.165) is 11.1 Å². The summed E-state index contributed by atoms with van der Waals surface area (Å²) in [5.41, 5.74) is 2.98. The SMILES string of the molecule is Cc1ccc(-c2csc(NC(=O)c3ccc(Cl)cc3)c2C(=O)O)cc1. The Labute approximate surface area is 153 Å². The molecule has 2 aromatic carbocycles. The second-order valence-corrected chi connectivity index (χ2v) is 6.80. The maximum atomic E-state index is 12.4. The highest BCUT2D eigenvalue weighted by Gasteiger charge is 2.21. The van der Waals surface area contributed by atoms with Crippen LogP contribution in [0.25, 0.3) is 11.1 Å². The molecule has 3 aromatic rings. The summed E-state index contributed by atoms with van der Waals surface area (Å²) in [6.45, 7) is 1.97. The normalized spacial score (nSPS) is 10.5. The average Bonchev–Trinajstić information content (AvgIpc) is 3.00. The maximum absolute atomic E-state index is 12.4. The smallest absolute Gasteiger partial charge is 0.339 e. The zero-order valence-corrected chi connectivity index (χ0v) is 14.8. The summed E-state index contributed by atoms with van der Waals surface area (Å²) >= 11 is 7.01. The number of carboxylic acids is 1. The van der Waals surface area contributed by atoms with Crippen LogP contribution >= 0.6 is 22.9 Å². The molecule has 3 rings (SSSR count). The van der Waals surface area contributed by atoms with Gasteiger partial charge in [0.2, 0.25) is 0 Å². The van der Waals surface area contributed by atoms with Crippen molar-refractivity contribution in [2.24, 2.45) is 0 Å². The number of hydrogen-bond acceptors (Lipinski definition) is 3. The van der Waals surface area contributed by atoms with Gasteiger partial charge in [0.05, 0.1) is 0 Å². The first-order valence-electron chi connectivity index (χ1n) is 7.44. The van der Waals surface area contributed by atoms with Gasteiger partial charge in [0.25, 0.3) is 5.91 Å². The Hall–Kier alpha value is -2.63. The van der Waals surface area contributed by atoms with Gasteiger partial charge in [-0.15, -0.1) is 11.3 Å². The minimum atomic E-state index is -1.08. The van der Waals surface area contributed by atoms with E-state index >= 15 is 0 Å². The predicted octanol–water partition coefficient (Wildman–Crippen LogP) is 5.33. The molecule has 0 saturated carbocycles. The number of carbonyl (C=O) groups excluding carboxylic acids is 1. The van der Waals surface area contributed by atoms with Crippen molar-refractivity contribution in [2.45, 2.75) is 6.92 Å². The number of nitrogens with one attached hydrogen (secondary N) is 1. The minimum absolute atomic E-state index is 0.0937. The molecular weight excluding hydrogens is 358 g/mol. The third-order valence-corrected chi connectivity index (χ3v) is 4.85. The maximum Gasteiger partial charge on any atom is 0.339 e. The first-order valence-corrected chi connectivity index (χ1v) is 8.70. The molecule has 1 aromatic heterocycles. The van der Waals surface area contributed by atoms with Crippen LogP contribution in [-0.4, -0.2) is 17.0 Å². The molecule has 0 aliphatic carbocycles. The molecule has 0 bridgehead atoms. The zero-order chi connectivity index (χ0) is 18.0. The van der Waals surface area contributed by atoms with Crippen LogP contribution < -0.4 is 5.32 Å². The number of hydrogen-bond donors (Lipinski definition) is 2. The van der Waals surface area contributed by atoms with E-state index in [2.05, 4.69) is 5.32 Å². The van der Waals surface area contributed by atoms with E-state index in [1.165, 1.54) is 11.3 Å². The Morgan fingerprint density at radius 2 is 1.68 bits per heavy atom. The van der Waals surface area contributed by atoms with Gasteiger partial charge in [-0.05, 0) is 36.8 Å². The summed E-state index contributed by atoms with van der Waals surface area (Å²) in [7, 11) is 0. The summed E-state index contributed by atoms with van der Waals surface area (Å²) in [5.74, 6) is -1.46. The van der Waals surface area contributed by atoms with Crippen LogP contribution in [-0.2, 0) is 0 Å². The van der Waals surface area contributed by atoms with Crippen LogP contribution in [0, 0.1) is 6.92 Å². The molecule has 0 atom stereocenters. The summed E-state index contributed by atoms with van der Waals surface area (Å²) in [5, 5.41) is 14.9. The van der Waals surface area contributed by atoms with Crippen molar-refractivity contribution in [1.29, 1.82) is 0 Å². The Kier molecular flexibility index (Phi) is 4.88. The molecule has 6 heteroatoms. The Bertz CT molecular complexity index is 930. The lowest BCUT2D eigenvalue weighted by Crippen LogP contribution is -2.13. The van der Waals surface area contributed by atoms with Gasteiger partial charge in [-0.3, -0.25) is 4.79 Å². The van der Waals surface area contributed by atoms with Crippen molar-refractivity contribution < 1.29 is 14.7 Å². The van der Waals surface area contributed by atoms with Crippen molar-refractivity contribution >= 4 is 39.8 Å². The predicted molar refractivity (Wildman–Crippen MR) is 101 cm³/mol. The van der Waals surface area contributed by atoms with Gasteiger partial charge >= 0.3 is 5.97 Å². The Morgan fingerprint density at radius 3 is 2.28 bits per heavy atom. The molecule has 0 aliphatic rings. The van der Waals surface area contributed by atoms with Crippen LogP contribution in [0.3, 0.4) is 0 Å². The summed E-state index contributed by atoms with van der Waals surface area (Å²) in [4.78, 5) is 24.1. The second-order valence-electron chi connectivity index (χ2n) is 5.49. The number of aryl methyl sites for hydroxylation is 1. The van der Waals surface area contributed by atoms with Gasteiger partial charge in [0.15, 0.2) is 0 Å². The first-order chi connectivity index (χ1) is 12.0. The van der Waals surface area contributed by atoms with Crippen molar-refractivity contribution in [1.82, 2.24) is 0 Å². The highest BCUT2D eigenvalue weighted by Crippen LogP contribution is 2.36. The molecule has 0 radical (unpaired) electrons. The molecule has 4 nitrogen and oxygen atoms in total. The van der Waals surface area contributed by atoms with Crippen molar-refractivity contribution in [2.75, 3.05) is 5.32 Å². The van der Waals surface area contributed by atoms with Gasteiger partial charge in [-0.1, -0.05) is 41.4 Å². The zero-order valence-electron chi connectivity index (χ0n) is 13.2. The van der Waals surface area contributed by atoms with Gasteiger partial charge in [-0.2, -0.15) is 0 Å². The van der Waals surface area contributed by atoms with E-state index in [1.54, 1.807) is 29.6 Å². The number of thiophene rings is 1. The molecule has 1 amide bonds. The van der Waals surface area contributed by atoms with Gasteiger partial charge < -0.3 is 10.4 Å².